The molecule has 0 aromatic heterocycles. The lowest BCUT2D eigenvalue weighted by atomic mass is 9.97. The molecule has 2 N–H and O–H groups in total. The van der Waals surface area contributed by atoms with E-state index in [-0.39, 0.29) is 17.1 Å². The molecule has 4 heteroatoms. The van der Waals surface area contributed by atoms with Crippen molar-refractivity contribution in [3.8, 4) is 0 Å². The molecule has 0 bridgehead atoms. The van der Waals surface area contributed by atoms with E-state index in [2.05, 4.69) is 0 Å². The number of hydrogen-bond acceptors (Lipinski definition) is 3. The summed E-state index contributed by atoms with van der Waals surface area (Å²) in [5.41, 5.74) is -0.159. The number of rotatable bonds is 14. The highest BCUT2D eigenvalue weighted by molar-refractivity contribution is 5.77. The molecule has 0 aromatic carbocycles. The van der Waals surface area contributed by atoms with Gasteiger partial charge in [-0.15, -0.1) is 0 Å². The van der Waals surface area contributed by atoms with Crippen molar-refractivity contribution < 1.29 is 19.7 Å². The highest BCUT2D eigenvalue weighted by atomic mass is 16.5. The molecule has 0 radical (unpaired) electrons. The lowest BCUT2D eigenvalue weighted by Gasteiger charge is -2.14. The Bertz CT molecular complexity index is 372. The maximum Gasteiger partial charge on any atom is 0.309 e. The van der Waals surface area contributed by atoms with Crippen LogP contribution in [0.5, 0.6) is 0 Å². The number of aliphatic hydroxyl groups excluding tert-OH is 1. The Labute approximate surface area is 140 Å². The highest BCUT2D eigenvalue weighted by Gasteiger charge is 2.49. The van der Waals surface area contributed by atoms with Crippen molar-refractivity contribution in [2.75, 3.05) is 7.11 Å². The summed E-state index contributed by atoms with van der Waals surface area (Å²) in [5.74, 6) is -0.612. The number of carboxylic acids is 1. The number of carboxylic acid groups (broad SMARTS) is 1. The van der Waals surface area contributed by atoms with Gasteiger partial charge in [-0.25, -0.2) is 0 Å². The largest absolute Gasteiger partial charge is 0.481 e. The summed E-state index contributed by atoms with van der Waals surface area (Å²) in [6.45, 7) is 0. The number of ether oxygens (including phenoxy) is 1. The van der Waals surface area contributed by atoms with Crippen LogP contribution in [0.2, 0.25) is 0 Å². The van der Waals surface area contributed by atoms with Crippen molar-refractivity contribution in [2.45, 2.75) is 102 Å². The van der Waals surface area contributed by atoms with E-state index in [1.807, 2.05) is 7.11 Å². The first-order valence-corrected chi connectivity index (χ1v) is 9.49. The van der Waals surface area contributed by atoms with Gasteiger partial charge in [0.2, 0.25) is 0 Å². The Morgan fingerprint density at radius 2 is 1.52 bits per heavy atom. The molecule has 0 amide bonds. The van der Waals surface area contributed by atoms with Crippen LogP contribution < -0.4 is 0 Å². The average Bonchev–Trinajstić information content (AvgIpc) is 3.42. The summed E-state index contributed by atoms with van der Waals surface area (Å²) in [7, 11) is 1.82. The molecule has 0 spiro atoms. The minimum Gasteiger partial charge on any atom is -0.481 e. The van der Waals surface area contributed by atoms with Crippen LogP contribution in [0.3, 0.4) is 0 Å². The maximum absolute atomic E-state index is 11.1. The van der Waals surface area contributed by atoms with E-state index in [4.69, 9.17) is 9.84 Å². The van der Waals surface area contributed by atoms with E-state index in [1.165, 1.54) is 32.1 Å². The highest BCUT2D eigenvalue weighted by Crippen LogP contribution is 2.50. The van der Waals surface area contributed by atoms with Gasteiger partial charge < -0.3 is 14.9 Å². The fraction of sp³-hybridized carbons (Fsp3) is 0.947. The molecular formula is C19H34O4. The molecule has 2 rings (SSSR count). The molecule has 0 saturated heterocycles. The number of methoxy groups -OCH3 is 1. The van der Waals surface area contributed by atoms with E-state index in [0.29, 0.717) is 0 Å². The predicted molar refractivity (Wildman–Crippen MR) is 90.5 cm³/mol. The number of hydrogen-bond donors (Lipinski definition) is 2. The molecule has 2 aliphatic rings. The van der Waals surface area contributed by atoms with Crippen LogP contribution in [0.4, 0.5) is 0 Å². The summed E-state index contributed by atoms with van der Waals surface area (Å²) in [6.07, 6.45) is 14.3. The van der Waals surface area contributed by atoms with Crippen molar-refractivity contribution in [3.05, 3.63) is 0 Å². The van der Waals surface area contributed by atoms with Crippen molar-refractivity contribution in [2.24, 2.45) is 5.41 Å². The van der Waals surface area contributed by atoms with Crippen molar-refractivity contribution >= 4 is 5.97 Å². The van der Waals surface area contributed by atoms with Gasteiger partial charge in [0, 0.05) is 7.11 Å². The normalized spacial score (nSPS) is 21.8. The second kappa shape index (κ2) is 8.48. The van der Waals surface area contributed by atoms with Gasteiger partial charge in [0.25, 0.3) is 0 Å². The van der Waals surface area contributed by atoms with E-state index in [0.717, 1.165) is 57.8 Å². The summed E-state index contributed by atoms with van der Waals surface area (Å²) in [5, 5.41) is 19.1. The number of aliphatic hydroxyl groups is 1. The van der Waals surface area contributed by atoms with Crippen molar-refractivity contribution in [1.29, 1.82) is 0 Å². The van der Waals surface area contributed by atoms with Crippen LogP contribution in [0.25, 0.3) is 0 Å². The topological polar surface area (TPSA) is 66.8 Å². The summed E-state index contributed by atoms with van der Waals surface area (Å²) < 4.78 is 5.51. The molecular weight excluding hydrogens is 292 g/mol. The standard InChI is InChI=1S/C19H34O4/c1-23-19(14-15-19)11-7-3-5-9-16(20)8-4-2-6-10-18(12-13-18)17(21)22/h16,20H,2-15H2,1H3,(H,21,22). The van der Waals surface area contributed by atoms with Crippen LogP contribution in [-0.2, 0) is 9.53 Å². The lowest BCUT2D eigenvalue weighted by Crippen LogP contribution is -2.14. The first-order chi connectivity index (χ1) is 11.0. The van der Waals surface area contributed by atoms with Gasteiger partial charge in [-0.2, -0.15) is 0 Å². The lowest BCUT2D eigenvalue weighted by molar-refractivity contribution is -0.143. The number of carbonyl (C=O) groups is 1. The minimum absolute atomic E-state index is 0.179. The molecule has 134 valence electrons. The zero-order chi connectivity index (χ0) is 16.8. The van der Waals surface area contributed by atoms with Crippen molar-refractivity contribution in [1.82, 2.24) is 0 Å². The Morgan fingerprint density at radius 3 is 1.96 bits per heavy atom. The third kappa shape index (κ3) is 6.07. The Balaban J connectivity index is 1.38. The number of aliphatic carboxylic acids is 1. The van der Waals surface area contributed by atoms with Crippen LogP contribution in [0, 0.1) is 5.41 Å². The first-order valence-electron chi connectivity index (χ1n) is 9.49. The summed E-state index contributed by atoms with van der Waals surface area (Å²) >= 11 is 0. The van der Waals surface area contributed by atoms with Gasteiger partial charge >= 0.3 is 5.97 Å². The van der Waals surface area contributed by atoms with Gasteiger partial charge in [-0.1, -0.05) is 38.5 Å². The Hall–Kier alpha value is -0.610. The van der Waals surface area contributed by atoms with Crippen LogP contribution in [0.1, 0.15) is 89.9 Å². The summed E-state index contributed by atoms with van der Waals surface area (Å²) in [6, 6.07) is 0. The second-order valence-electron chi connectivity index (χ2n) is 7.83. The van der Waals surface area contributed by atoms with E-state index < -0.39 is 5.97 Å². The third-order valence-electron chi connectivity index (χ3n) is 5.91. The molecule has 2 aliphatic carbocycles. The fourth-order valence-corrected chi connectivity index (χ4v) is 3.59. The van der Waals surface area contributed by atoms with Crippen molar-refractivity contribution in [3.63, 3.8) is 0 Å². The van der Waals surface area contributed by atoms with Gasteiger partial charge in [0.1, 0.15) is 0 Å². The molecule has 2 saturated carbocycles. The quantitative estimate of drug-likeness (QED) is 0.467. The van der Waals surface area contributed by atoms with E-state index in [9.17, 15) is 9.90 Å². The van der Waals surface area contributed by atoms with Gasteiger partial charge in [0.05, 0.1) is 17.1 Å². The van der Waals surface area contributed by atoms with Crippen LogP contribution in [0.15, 0.2) is 0 Å². The predicted octanol–water partition coefficient (Wildman–Crippen LogP) is 4.29. The van der Waals surface area contributed by atoms with Gasteiger partial charge in [-0.3, -0.25) is 4.79 Å². The fourth-order valence-electron chi connectivity index (χ4n) is 3.59. The Morgan fingerprint density at radius 1 is 0.957 bits per heavy atom. The van der Waals surface area contributed by atoms with E-state index >= 15 is 0 Å². The zero-order valence-electron chi connectivity index (χ0n) is 14.7. The summed E-state index contributed by atoms with van der Waals surface area (Å²) in [4.78, 5) is 11.1. The third-order valence-corrected chi connectivity index (χ3v) is 5.91. The van der Waals surface area contributed by atoms with Crippen LogP contribution in [-0.4, -0.2) is 35.0 Å². The molecule has 0 aromatic rings. The average molecular weight is 326 g/mol. The molecule has 23 heavy (non-hydrogen) atoms. The van der Waals surface area contributed by atoms with Gasteiger partial charge in [-0.05, 0) is 51.4 Å². The maximum atomic E-state index is 11.1. The molecule has 2 fully saturated rings. The molecule has 4 nitrogen and oxygen atoms in total. The molecule has 0 aliphatic heterocycles. The SMILES string of the molecule is COC1(CCCCCC(O)CCCCCC2(C(=O)O)CC2)CC1. The molecule has 1 atom stereocenters. The monoisotopic (exact) mass is 326 g/mol. The first kappa shape index (κ1) is 18.7. The Kier molecular flexibility index (Phi) is 6.90. The zero-order valence-corrected chi connectivity index (χ0v) is 14.7. The van der Waals surface area contributed by atoms with Crippen LogP contribution >= 0.6 is 0 Å². The smallest absolute Gasteiger partial charge is 0.309 e. The molecule has 1 unspecified atom stereocenters. The van der Waals surface area contributed by atoms with Gasteiger partial charge in [0.15, 0.2) is 0 Å². The minimum atomic E-state index is -0.612. The molecule has 0 heterocycles. The van der Waals surface area contributed by atoms with E-state index in [1.54, 1.807) is 0 Å². The second-order valence-corrected chi connectivity index (χ2v) is 7.83. The number of unbranched alkanes of at least 4 members (excludes halogenated alkanes) is 4.